The summed E-state index contributed by atoms with van der Waals surface area (Å²) in [7, 11) is -0.707. The van der Waals surface area contributed by atoms with Gasteiger partial charge in [0.2, 0.25) is 10.0 Å². The largest absolute Gasteiger partial charge is 0.371 e. The van der Waals surface area contributed by atoms with Gasteiger partial charge < -0.3 is 4.90 Å². The van der Waals surface area contributed by atoms with E-state index in [9.17, 15) is 13.2 Å². The number of carbonyl (C=O) groups is 1. The van der Waals surface area contributed by atoms with E-state index in [2.05, 4.69) is 15.3 Å². The molecule has 1 aliphatic rings. The van der Waals surface area contributed by atoms with E-state index in [0.29, 0.717) is 5.56 Å². The van der Waals surface area contributed by atoms with Gasteiger partial charge in [-0.15, -0.1) is 0 Å². The van der Waals surface area contributed by atoms with Crippen molar-refractivity contribution >= 4 is 32.7 Å². The van der Waals surface area contributed by atoms with Crippen LogP contribution in [0.3, 0.4) is 0 Å². The molecule has 0 bridgehead atoms. The lowest BCUT2D eigenvalue weighted by Gasteiger charge is -2.30. The number of benzene rings is 2. The molecular formula is C21H25N5O3S. The molecule has 3 aromatic rings. The van der Waals surface area contributed by atoms with Crippen molar-refractivity contribution in [3.05, 3.63) is 54.4 Å². The number of para-hydroxylation sites is 2. The summed E-state index contributed by atoms with van der Waals surface area (Å²) in [6.07, 6.45) is 4.80. The maximum Gasteiger partial charge on any atom is 0.272 e. The van der Waals surface area contributed by atoms with Crippen LogP contribution in [0.4, 0.5) is 5.69 Å². The van der Waals surface area contributed by atoms with Crippen molar-refractivity contribution in [3.8, 4) is 0 Å². The number of sulfonamides is 1. The number of aromatic nitrogens is 2. The lowest BCUT2D eigenvalue weighted by molar-refractivity contribution is 0.101. The van der Waals surface area contributed by atoms with Gasteiger partial charge in [0.05, 0.1) is 21.5 Å². The average Bonchev–Trinajstić information content (AvgIpc) is 3.16. The lowest BCUT2D eigenvalue weighted by atomic mass is 10.1. The maximum atomic E-state index is 13.3. The zero-order chi connectivity index (χ0) is 21.3. The summed E-state index contributed by atoms with van der Waals surface area (Å²) in [5.41, 5.74) is 5.45. The third-order valence-electron chi connectivity index (χ3n) is 5.36. The number of nitrogens with one attached hydrogen (secondary N) is 1. The number of amides is 1. The molecule has 1 amide bonds. The molecule has 8 nitrogen and oxygen atoms in total. The number of piperidine rings is 1. The van der Waals surface area contributed by atoms with Crippen molar-refractivity contribution in [1.82, 2.24) is 14.0 Å². The predicted octanol–water partition coefficient (Wildman–Crippen LogP) is 2.66. The summed E-state index contributed by atoms with van der Waals surface area (Å²) < 4.78 is 28.0. The van der Waals surface area contributed by atoms with Crippen molar-refractivity contribution < 1.29 is 13.2 Å². The highest BCUT2D eigenvalue weighted by atomic mass is 32.2. The van der Waals surface area contributed by atoms with Crippen LogP contribution in [-0.4, -0.2) is 55.5 Å². The zero-order valence-corrected chi connectivity index (χ0v) is 17.9. The van der Waals surface area contributed by atoms with Crippen molar-refractivity contribution in [2.75, 3.05) is 37.5 Å². The van der Waals surface area contributed by atoms with E-state index in [1.165, 1.54) is 20.2 Å². The second kappa shape index (κ2) is 8.08. The molecule has 9 heteroatoms. The normalized spacial score (nSPS) is 15.0. The third-order valence-corrected chi connectivity index (χ3v) is 7.17. The topological polar surface area (TPSA) is 87.5 Å². The summed E-state index contributed by atoms with van der Waals surface area (Å²) in [5.74, 6) is -0.380. The minimum atomic E-state index is -3.66. The summed E-state index contributed by atoms with van der Waals surface area (Å²) >= 11 is 0. The Morgan fingerprint density at radius 3 is 2.53 bits per heavy atom. The number of imidazole rings is 1. The minimum Gasteiger partial charge on any atom is -0.371 e. The van der Waals surface area contributed by atoms with Crippen LogP contribution in [0, 0.1) is 0 Å². The van der Waals surface area contributed by atoms with E-state index in [0.717, 1.165) is 53.4 Å². The number of hydrogen-bond acceptors (Lipinski definition) is 5. The minimum absolute atomic E-state index is 0.0916. The molecule has 1 fully saturated rings. The monoisotopic (exact) mass is 427 g/mol. The van der Waals surface area contributed by atoms with Crippen LogP contribution < -0.4 is 10.3 Å². The summed E-state index contributed by atoms with van der Waals surface area (Å²) in [6, 6.07) is 12.3. The van der Waals surface area contributed by atoms with Crippen molar-refractivity contribution in [3.63, 3.8) is 0 Å². The number of nitrogens with zero attached hydrogens (tertiary/aromatic N) is 4. The first-order valence-electron chi connectivity index (χ1n) is 9.93. The van der Waals surface area contributed by atoms with Gasteiger partial charge in [0.15, 0.2) is 0 Å². The molecule has 1 aliphatic heterocycles. The highest BCUT2D eigenvalue weighted by molar-refractivity contribution is 7.89. The van der Waals surface area contributed by atoms with E-state index < -0.39 is 10.0 Å². The molecule has 0 radical (unpaired) electrons. The average molecular weight is 428 g/mol. The molecule has 1 saturated heterocycles. The fraction of sp³-hybridized carbons (Fsp3) is 0.333. The Morgan fingerprint density at radius 2 is 1.80 bits per heavy atom. The van der Waals surface area contributed by atoms with Crippen LogP contribution in [0.15, 0.2) is 53.7 Å². The van der Waals surface area contributed by atoms with Crippen LogP contribution >= 0.6 is 0 Å². The van der Waals surface area contributed by atoms with Gasteiger partial charge in [-0.2, -0.15) is 0 Å². The number of carbonyl (C=O) groups excluding carboxylic acids is 1. The number of anilines is 1. The molecule has 0 spiro atoms. The SMILES string of the molecule is CN(C)S(=O)(=O)c1ccc(N2CCCCC2)c(C(=O)Nn2cnc3ccccc32)c1. The Bertz CT molecular complexity index is 1180. The van der Waals surface area contributed by atoms with Gasteiger partial charge in [0.25, 0.3) is 5.91 Å². The Morgan fingerprint density at radius 1 is 1.07 bits per heavy atom. The Hall–Kier alpha value is -2.91. The molecule has 0 atom stereocenters. The Labute approximate surface area is 176 Å². The molecule has 4 rings (SSSR count). The van der Waals surface area contributed by atoms with E-state index >= 15 is 0 Å². The first-order chi connectivity index (χ1) is 14.4. The predicted molar refractivity (Wildman–Crippen MR) is 117 cm³/mol. The van der Waals surface area contributed by atoms with Gasteiger partial charge in [-0.3, -0.25) is 10.2 Å². The summed E-state index contributed by atoms with van der Waals surface area (Å²) in [6.45, 7) is 1.68. The van der Waals surface area contributed by atoms with Crippen molar-refractivity contribution in [2.24, 2.45) is 0 Å². The van der Waals surface area contributed by atoms with E-state index in [-0.39, 0.29) is 10.8 Å². The highest BCUT2D eigenvalue weighted by Crippen LogP contribution is 2.28. The fourth-order valence-electron chi connectivity index (χ4n) is 3.70. The molecule has 0 aliphatic carbocycles. The Kier molecular flexibility index (Phi) is 5.48. The van der Waals surface area contributed by atoms with Gasteiger partial charge in [0.1, 0.15) is 6.33 Å². The molecule has 0 unspecified atom stereocenters. The third kappa shape index (κ3) is 3.78. The fourth-order valence-corrected chi connectivity index (χ4v) is 4.63. The molecule has 1 N–H and O–H groups in total. The van der Waals surface area contributed by atoms with Crippen LogP contribution in [-0.2, 0) is 10.0 Å². The molecule has 2 heterocycles. The van der Waals surface area contributed by atoms with Gasteiger partial charge in [0, 0.05) is 32.9 Å². The second-order valence-corrected chi connectivity index (χ2v) is 9.71. The van der Waals surface area contributed by atoms with Crippen LogP contribution in [0.1, 0.15) is 29.6 Å². The first kappa shape index (κ1) is 20.4. The van der Waals surface area contributed by atoms with E-state index in [1.807, 2.05) is 24.3 Å². The highest BCUT2D eigenvalue weighted by Gasteiger charge is 2.24. The summed E-state index contributed by atoms with van der Waals surface area (Å²) in [5, 5.41) is 0. The van der Waals surface area contributed by atoms with Crippen LogP contribution in [0.25, 0.3) is 11.0 Å². The Balaban J connectivity index is 1.75. The molecule has 0 saturated carbocycles. The lowest BCUT2D eigenvalue weighted by Crippen LogP contribution is -2.32. The number of hydrogen-bond donors (Lipinski definition) is 1. The maximum absolute atomic E-state index is 13.3. The standard InChI is InChI=1S/C21H25N5O3S/c1-24(2)30(28,29)16-10-11-19(25-12-6-3-7-13-25)17(14-16)21(27)23-26-15-22-18-8-4-5-9-20(18)26/h4-5,8-11,14-15H,3,6-7,12-13H2,1-2H3,(H,23,27). The van der Waals surface area contributed by atoms with Crippen LogP contribution in [0.5, 0.6) is 0 Å². The van der Waals surface area contributed by atoms with E-state index in [4.69, 9.17) is 0 Å². The van der Waals surface area contributed by atoms with Gasteiger partial charge in [-0.1, -0.05) is 12.1 Å². The zero-order valence-electron chi connectivity index (χ0n) is 17.1. The van der Waals surface area contributed by atoms with Crippen molar-refractivity contribution in [2.45, 2.75) is 24.2 Å². The number of rotatable bonds is 5. The molecular weight excluding hydrogens is 402 g/mol. The summed E-state index contributed by atoms with van der Waals surface area (Å²) in [4.78, 5) is 19.8. The number of fused-ring (bicyclic) bond motifs is 1. The molecule has 2 aromatic carbocycles. The van der Waals surface area contributed by atoms with E-state index in [1.54, 1.807) is 23.1 Å². The van der Waals surface area contributed by atoms with Crippen LogP contribution in [0.2, 0.25) is 0 Å². The molecule has 158 valence electrons. The second-order valence-electron chi connectivity index (χ2n) is 7.56. The van der Waals surface area contributed by atoms with Gasteiger partial charge in [-0.05, 0) is 49.6 Å². The quantitative estimate of drug-likeness (QED) is 0.676. The first-order valence-corrected chi connectivity index (χ1v) is 11.4. The van der Waals surface area contributed by atoms with Crippen molar-refractivity contribution in [1.29, 1.82) is 0 Å². The molecule has 1 aromatic heterocycles. The molecule has 30 heavy (non-hydrogen) atoms. The van der Waals surface area contributed by atoms with Gasteiger partial charge >= 0.3 is 0 Å². The van der Waals surface area contributed by atoms with Gasteiger partial charge in [-0.25, -0.2) is 22.4 Å². The smallest absolute Gasteiger partial charge is 0.272 e.